The predicted octanol–water partition coefficient (Wildman–Crippen LogP) is 3.13. The molecular formula is C16H14N2O3. The van der Waals surface area contributed by atoms with Gasteiger partial charge < -0.3 is 20.1 Å². The van der Waals surface area contributed by atoms with Crippen LogP contribution in [0.1, 0.15) is 10.4 Å². The number of fused-ring (bicyclic) bond motifs is 1. The molecule has 5 nitrogen and oxygen atoms in total. The van der Waals surface area contributed by atoms with Crippen LogP contribution < -0.4 is 10.1 Å². The lowest BCUT2D eigenvalue weighted by Crippen LogP contribution is -2.11. The van der Waals surface area contributed by atoms with Crippen LogP contribution in [0.4, 0.5) is 5.69 Å². The smallest absolute Gasteiger partial charge is 0.255 e. The summed E-state index contributed by atoms with van der Waals surface area (Å²) >= 11 is 0. The second-order valence-corrected chi connectivity index (χ2v) is 4.62. The van der Waals surface area contributed by atoms with Crippen LogP contribution in [0.2, 0.25) is 0 Å². The molecular weight excluding hydrogens is 268 g/mol. The van der Waals surface area contributed by atoms with Gasteiger partial charge in [-0.3, -0.25) is 4.79 Å². The van der Waals surface area contributed by atoms with Gasteiger partial charge in [0.2, 0.25) is 0 Å². The van der Waals surface area contributed by atoms with Crippen molar-refractivity contribution in [1.82, 2.24) is 4.98 Å². The second-order valence-electron chi connectivity index (χ2n) is 4.62. The molecule has 0 bridgehead atoms. The number of methoxy groups -OCH3 is 1. The number of hydrogen-bond donors (Lipinski definition) is 3. The molecule has 0 unspecified atom stereocenters. The number of aromatic hydroxyl groups is 1. The Kier molecular flexibility index (Phi) is 3.23. The maximum absolute atomic E-state index is 12.2. The third kappa shape index (κ3) is 2.53. The first-order chi connectivity index (χ1) is 10.2. The number of H-pyrrole nitrogens is 1. The molecule has 1 aromatic heterocycles. The largest absolute Gasteiger partial charge is 0.504 e. The molecule has 0 aliphatic rings. The van der Waals surface area contributed by atoms with Crippen molar-refractivity contribution in [1.29, 1.82) is 0 Å². The van der Waals surface area contributed by atoms with Crippen LogP contribution in [0.5, 0.6) is 11.5 Å². The third-order valence-electron chi connectivity index (χ3n) is 3.25. The van der Waals surface area contributed by atoms with E-state index in [-0.39, 0.29) is 11.7 Å². The highest BCUT2D eigenvalue weighted by atomic mass is 16.5. The Bertz CT molecular complexity index is 808. The van der Waals surface area contributed by atoms with Crippen LogP contribution in [0, 0.1) is 0 Å². The summed E-state index contributed by atoms with van der Waals surface area (Å²) in [5.41, 5.74) is 1.95. The molecule has 0 spiro atoms. The highest BCUT2D eigenvalue weighted by Crippen LogP contribution is 2.28. The van der Waals surface area contributed by atoms with Crippen molar-refractivity contribution in [3.05, 3.63) is 54.2 Å². The van der Waals surface area contributed by atoms with E-state index in [2.05, 4.69) is 10.3 Å². The monoisotopic (exact) mass is 282 g/mol. The normalized spacial score (nSPS) is 10.5. The fraction of sp³-hybridized carbons (Fsp3) is 0.0625. The van der Waals surface area contributed by atoms with Gasteiger partial charge in [-0.05, 0) is 35.7 Å². The minimum absolute atomic E-state index is 0.0184. The second kappa shape index (κ2) is 5.20. The van der Waals surface area contributed by atoms with Crippen LogP contribution in [0.25, 0.3) is 10.9 Å². The summed E-state index contributed by atoms with van der Waals surface area (Å²) in [5, 5.41) is 13.5. The van der Waals surface area contributed by atoms with Gasteiger partial charge in [-0.25, -0.2) is 0 Å². The molecule has 0 fully saturated rings. The van der Waals surface area contributed by atoms with E-state index >= 15 is 0 Å². The van der Waals surface area contributed by atoms with Gasteiger partial charge in [0, 0.05) is 29.0 Å². The number of phenolic OH excluding ortho intramolecular Hbond substituents is 1. The quantitative estimate of drug-likeness (QED) is 0.691. The number of ether oxygens (including phenoxy) is 1. The molecule has 5 heteroatoms. The number of aromatic amines is 1. The number of anilines is 1. The van der Waals surface area contributed by atoms with Crippen molar-refractivity contribution < 1.29 is 14.6 Å². The molecule has 1 heterocycles. The van der Waals surface area contributed by atoms with Crippen molar-refractivity contribution in [2.45, 2.75) is 0 Å². The lowest BCUT2D eigenvalue weighted by atomic mass is 10.1. The molecule has 0 radical (unpaired) electrons. The van der Waals surface area contributed by atoms with E-state index in [1.165, 1.54) is 13.2 Å². The summed E-state index contributed by atoms with van der Waals surface area (Å²) in [5.74, 6) is 0.104. The standard InChI is InChI=1S/C16H14N2O3/c1-21-15-5-4-12(9-14(15)19)18-16(20)11-3-2-10-6-7-17-13(10)8-11/h2-9,17,19H,1H3,(H,18,20). The molecule has 0 aliphatic heterocycles. The zero-order chi connectivity index (χ0) is 14.8. The van der Waals surface area contributed by atoms with Crippen molar-refractivity contribution in [2.24, 2.45) is 0 Å². The number of nitrogens with one attached hydrogen (secondary N) is 2. The highest BCUT2D eigenvalue weighted by Gasteiger charge is 2.09. The molecule has 3 aromatic rings. The van der Waals surface area contributed by atoms with Crippen molar-refractivity contribution in [2.75, 3.05) is 12.4 Å². The summed E-state index contributed by atoms with van der Waals surface area (Å²) in [6.07, 6.45) is 1.83. The van der Waals surface area contributed by atoms with E-state index in [4.69, 9.17) is 4.74 Å². The Morgan fingerprint density at radius 3 is 2.81 bits per heavy atom. The van der Waals surface area contributed by atoms with Crippen molar-refractivity contribution in [3.8, 4) is 11.5 Å². The fourth-order valence-electron chi connectivity index (χ4n) is 2.16. The minimum Gasteiger partial charge on any atom is -0.504 e. The Balaban J connectivity index is 1.83. The minimum atomic E-state index is -0.240. The number of benzene rings is 2. The number of aromatic nitrogens is 1. The zero-order valence-electron chi connectivity index (χ0n) is 11.4. The van der Waals surface area contributed by atoms with Gasteiger partial charge in [-0.15, -0.1) is 0 Å². The van der Waals surface area contributed by atoms with Crippen molar-refractivity contribution >= 4 is 22.5 Å². The molecule has 106 valence electrons. The molecule has 1 amide bonds. The molecule has 3 rings (SSSR count). The molecule has 0 saturated carbocycles. The number of rotatable bonds is 3. The van der Waals surface area contributed by atoms with Crippen LogP contribution in [0.15, 0.2) is 48.7 Å². The first-order valence-electron chi connectivity index (χ1n) is 6.43. The van der Waals surface area contributed by atoms with Gasteiger partial charge in [-0.2, -0.15) is 0 Å². The van der Waals surface area contributed by atoms with E-state index in [1.54, 1.807) is 24.3 Å². The van der Waals surface area contributed by atoms with Gasteiger partial charge in [0.1, 0.15) is 0 Å². The summed E-state index contributed by atoms with van der Waals surface area (Å²) in [6.45, 7) is 0. The Morgan fingerprint density at radius 1 is 1.19 bits per heavy atom. The number of phenols is 1. The van der Waals surface area contributed by atoms with Crippen LogP contribution >= 0.6 is 0 Å². The Hall–Kier alpha value is -2.95. The Morgan fingerprint density at radius 2 is 2.05 bits per heavy atom. The van der Waals surface area contributed by atoms with Crippen LogP contribution in [0.3, 0.4) is 0 Å². The summed E-state index contributed by atoms with van der Waals surface area (Å²) in [7, 11) is 1.47. The van der Waals surface area contributed by atoms with Crippen LogP contribution in [-0.4, -0.2) is 23.1 Å². The number of carbonyl (C=O) groups excluding carboxylic acids is 1. The molecule has 0 saturated heterocycles. The van der Waals surface area contributed by atoms with E-state index in [1.807, 2.05) is 18.3 Å². The van der Waals surface area contributed by atoms with Crippen LogP contribution in [-0.2, 0) is 0 Å². The van der Waals surface area contributed by atoms with Gasteiger partial charge in [0.25, 0.3) is 5.91 Å². The SMILES string of the molecule is COc1ccc(NC(=O)c2ccc3cc[nH]c3c2)cc1O. The lowest BCUT2D eigenvalue weighted by molar-refractivity contribution is 0.102. The number of carbonyl (C=O) groups is 1. The van der Waals surface area contributed by atoms with Gasteiger partial charge in [0.05, 0.1) is 7.11 Å². The lowest BCUT2D eigenvalue weighted by Gasteiger charge is -2.08. The summed E-state index contributed by atoms with van der Waals surface area (Å²) in [6, 6.07) is 12.1. The first-order valence-corrected chi connectivity index (χ1v) is 6.43. The van der Waals surface area contributed by atoms with E-state index in [9.17, 15) is 9.90 Å². The summed E-state index contributed by atoms with van der Waals surface area (Å²) in [4.78, 5) is 15.3. The van der Waals surface area contributed by atoms with Gasteiger partial charge in [-0.1, -0.05) is 6.07 Å². The van der Waals surface area contributed by atoms with Gasteiger partial charge in [0.15, 0.2) is 11.5 Å². The molecule has 0 aliphatic carbocycles. The first kappa shape index (κ1) is 13.1. The molecule has 2 aromatic carbocycles. The maximum atomic E-state index is 12.2. The topological polar surface area (TPSA) is 74.3 Å². The number of hydrogen-bond acceptors (Lipinski definition) is 3. The van der Waals surface area contributed by atoms with E-state index in [0.29, 0.717) is 17.0 Å². The fourth-order valence-corrected chi connectivity index (χ4v) is 2.16. The van der Waals surface area contributed by atoms with Crippen molar-refractivity contribution in [3.63, 3.8) is 0 Å². The maximum Gasteiger partial charge on any atom is 0.255 e. The third-order valence-corrected chi connectivity index (χ3v) is 3.25. The molecule has 3 N–H and O–H groups in total. The predicted molar refractivity (Wildman–Crippen MR) is 80.9 cm³/mol. The Labute approximate surface area is 121 Å². The van der Waals surface area contributed by atoms with Gasteiger partial charge >= 0.3 is 0 Å². The zero-order valence-corrected chi connectivity index (χ0v) is 11.4. The number of amides is 1. The summed E-state index contributed by atoms with van der Waals surface area (Å²) < 4.78 is 4.96. The molecule has 21 heavy (non-hydrogen) atoms. The van der Waals surface area contributed by atoms with E-state index in [0.717, 1.165) is 10.9 Å². The van der Waals surface area contributed by atoms with E-state index < -0.39 is 0 Å². The average Bonchev–Trinajstić information content (AvgIpc) is 2.94. The molecule has 0 atom stereocenters. The average molecular weight is 282 g/mol. The highest BCUT2D eigenvalue weighted by molar-refractivity contribution is 6.06.